The van der Waals surface area contributed by atoms with Crippen molar-refractivity contribution in [3.05, 3.63) is 0 Å². The largest absolute Gasteiger partial charge is 0.331 e. The van der Waals surface area contributed by atoms with Gasteiger partial charge >= 0.3 is 6.03 Å². The van der Waals surface area contributed by atoms with Crippen LogP contribution in [-0.2, 0) is 0 Å². The molecule has 0 N–H and O–H groups in total. The number of halogens is 1. The molecule has 2 amide bonds. The topological polar surface area (TPSA) is 23.6 Å². The van der Waals surface area contributed by atoms with Gasteiger partial charge in [0.15, 0.2) is 0 Å². The number of hydrogen-bond acceptors (Lipinski definition) is 2. The quantitative estimate of drug-likeness (QED) is 0.595. The number of carbonyl (C=O) groups is 1. The predicted molar refractivity (Wildman–Crippen MR) is 55.3 cm³/mol. The van der Waals surface area contributed by atoms with E-state index in [1.54, 1.807) is 19.0 Å². The lowest BCUT2D eigenvalue weighted by molar-refractivity contribution is 0.182. The molecule has 72 valence electrons. The minimum atomic E-state index is 0. The van der Waals surface area contributed by atoms with Crippen LogP contribution in [-0.4, -0.2) is 48.3 Å². The standard InChI is InChI=1S/C7H14N2OS.ClH/c1-8(2)7(10)9-4-3-6(11)5-9;/h6,11H,3-5H2,1-2H3;1H. The van der Waals surface area contributed by atoms with Crippen molar-refractivity contribution in [1.29, 1.82) is 0 Å². The van der Waals surface area contributed by atoms with Gasteiger partial charge in [0, 0.05) is 32.4 Å². The molecule has 1 aliphatic heterocycles. The summed E-state index contributed by atoms with van der Waals surface area (Å²) >= 11 is 4.30. The van der Waals surface area contributed by atoms with Crippen LogP contribution in [0.15, 0.2) is 0 Å². The van der Waals surface area contributed by atoms with E-state index in [0.717, 1.165) is 19.5 Å². The lowest BCUT2D eigenvalue weighted by Crippen LogP contribution is -2.37. The summed E-state index contributed by atoms with van der Waals surface area (Å²) in [5.41, 5.74) is 0. The Morgan fingerprint density at radius 2 is 2.17 bits per heavy atom. The SMILES string of the molecule is CN(C)C(=O)N1CCC(S)C1.Cl. The molecule has 5 heteroatoms. The smallest absolute Gasteiger partial charge is 0.319 e. The molecule has 0 aromatic rings. The summed E-state index contributed by atoms with van der Waals surface area (Å²) in [7, 11) is 3.54. The Morgan fingerprint density at radius 3 is 2.50 bits per heavy atom. The maximum absolute atomic E-state index is 11.3. The molecule has 1 unspecified atom stereocenters. The summed E-state index contributed by atoms with van der Waals surface area (Å²) in [5, 5.41) is 0.374. The van der Waals surface area contributed by atoms with Gasteiger partial charge in [-0.25, -0.2) is 4.79 Å². The van der Waals surface area contributed by atoms with Gasteiger partial charge in [-0.1, -0.05) is 0 Å². The number of nitrogens with zero attached hydrogens (tertiary/aromatic N) is 2. The number of rotatable bonds is 0. The molecule has 3 nitrogen and oxygen atoms in total. The van der Waals surface area contributed by atoms with E-state index < -0.39 is 0 Å². The predicted octanol–water partition coefficient (Wildman–Crippen LogP) is 1.09. The van der Waals surface area contributed by atoms with Gasteiger partial charge in [0.05, 0.1) is 0 Å². The molecule has 1 heterocycles. The molecule has 12 heavy (non-hydrogen) atoms. The second-order valence-electron chi connectivity index (χ2n) is 3.07. The van der Waals surface area contributed by atoms with Gasteiger partial charge in [-0.3, -0.25) is 0 Å². The molecule has 0 saturated carbocycles. The normalized spacial score (nSPS) is 21.9. The summed E-state index contributed by atoms with van der Waals surface area (Å²) in [6.45, 7) is 1.64. The van der Waals surface area contributed by atoms with Crippen molar-refractivity contribution < 1.29 is 4.79 Å². The first-order valence-electron chi connectivity index (χ1n) is 3.75. The van der Waals surface area contributed by atoms with Crippen molar-refractivity contribution in [3.63, 3.8) is 0 Å². The third kappa shape index (κ3) is 2.75. The zero-order chi connectivity index (χ0) is 8.43. The average Bonchev–Trinajstić information content (AvgIpc) is 2.34. The molecule has 1 aliphatic rings. The van der Waals surface area contributed by atoms with E-state index in [2.05, 4.69) is 12.6 Å². The van der Waals surface area contributed by atoms with Crippen LogP contribution >= 0.6 is 25.0 Å². The number of urea groups is 1. The molecular formula is C7H15ClN2OS. The number of likely N-dealkylation sites (tertiary alicyclic amines) is 1. The second kappa shape index (κ2) is 4.82. The van der Waals surface area contributed by atoms with Gasteiger partial charge < -0.3 is 9.80 Å². The number of thiol groups is 1. The van der Waals surface area contributed by atoms with Gasteiger partial charge in [-0.15, -0.1) is 12.4 Å². The van der Waals surface area contributed by atoms with Crippen LogP contribution < -0.4 is 0 Å². The van der Waals surface area contributed by atoms with Crippen molar-refractivity contribution >= 4 is 31.1 Å². The van der Waals surface area contributed by atoms with Gasteiger partial charge in [-0.05, 0) is 6.42 Å². The van der Waals surface area contributed by atoms with E-state index in [1.165, 1.54) is 0 Å². The summed E-state index contributed by atoms with van der Waals surface area (Å²) in [6, 6.07) is 0.0987. The van der Waals surface area contributed by atoms with Crippen LogP contribution in [0.1, 0.15) is 6.42 Å². The highest BCUT2D eigenvalue weighted by atomic mass is 35.5. The molecule has 0 bridgehead atoms. The Hall–Kier alpha value is -0.0900. The highest BCUT2D eigenvalue weighted by Crippen LogP contribution is 2.14. The van der Waals surface area contributed by atoms with Crippen LogP contribution in [0.4, 0.5) is 4.79 Å². The van der Waals surface area contributed by atoms with E-state index >= 15 is 0 Å². The fourth-order valence-corrected chi connectivity index (χ4v) is 1.51. The molecular weight excluding hydrogens is 196 g/mol. The Kier molecular flexibility index (Phi) is 4.78. The molecule has 0 radical (unpaired) electrons. The first kappa shape index (κ1) is 11.9. The van der Waals surface area contributed by atoms with Crippen LogP contribution in [0, 0.1) is 0 Å². The van der Waals surface area contributed by atoms with Crippen molar-refractivity contribution in [3.8, 4) is 0 Å². The van der Waals surface area contributed by atoms with Crippen LogP contribution in [0.5, 0.6) is 0 Å². The first-order valence-corrected chi connectivity index (χ1v) is 4.27. The van der Waals surface area contributed by atoms with E-state index in [0.29, 0.717) is 5.25 Å². The monoisotopic (exact) mass is 210 g/mol. The molecule has 1 saturated heterocycles. The fourth-order valence-electron chi connectivity index (χ4n) is 1.20. The van der Waals surface area contributed by atoms with Gasteiger partial charge in [0.2, 0.25) is 0 Å². The highest BCUT2D eigenvalue weighted by molar-refractivity contribution is 7.81. The van der Waals surface area contributed by atoms with E-state index in [-0.39, 0.29) is 18.4 Å². The Labute approximate surface area is 84.9 Å². The minimum Gasteiger partial charge on any atom is -0.331 e. The van der Waals surface area contributed by atoms with Gasteiger partial charge in [-0.2, -0.15) is 12.6 Å². The second-order valence-corrected chi connectivity index (χ2v) is 3.80. The number of carbonyl (C=O) groups excluding carboxylic acids is 1. The number of hydrogen-bond donors (Lipinski definition) is 1. The third-order valence-corrected chi connectivity index (χ3v) is 2.24. The minimum absolute atomic E-state index is 0. The first-order chi connectivity index (χ1) is 5.11. The molecule has 0 aromatic carbocycles. The van der Waals surface area contributed by atoms with Gasteiger partial charge in [0.25, 0.3) is 0 Å². The van der Waals surface area contributed by atoms with Crippen molar-refractivity contribution in [2.24, 2.45) is 0 Å². The summed E-state index contributed by atoms with van der Waals surface area (Å²) < 4.78 is 0. The molecule has 1 rings (SSSR count). The van der Waals surface area contributed by atoms with E-state index in [9.17, 15) is 4.79 Å². The number of amides is 2. The lowest BCUT2D eigenvalue weighted by Gasteiger charge is -2.20. The highest BCUT2D eigenvalue weighted by Gasteiger charge is 2.24. The van der Waals surface area contributed by atoms with E-state index in [1.807, 2.05) is 4.90 Å². The molecule has 0 aromatic heterocycles. The van der Waals surface area contributed by atoms with Crippen molar-refractivity contribution in [2.45, 2.75) is 11.7 Å². The fraction of sp³-hybridized carbons (Fsp3) is 0.857. The Morgan fingerprint density at radius 1 is 1.58 bits per heavy atom. The summed E-state index contributed by atoms with van der Waals surface area (Å²) in [4.78, 5) is 14.7. The van der Waals surface area contributed by atoms with E-state index in [4.69, 9.17) is 0 Å². The van der Waals surface area contributed by atoms with Gasteiger partial charge in [0.1, 0.15) is 0 Å². The van der Waals surface area contributed by atoms with Crippen molar-refractivity contribution in [2.75, 3.05) is 27.2 Å². The maximum atomic E-state index is 11.3. The third-order valence-electron chi connectivity index (χ3n) is 1.82. The Balaban J connectivity index is 0.00000121. The summed E-state index contributed by atoms with van der Waals surface area (Å²) in [6.07, 6.45) is 1.02. The molecule has 1 atom stereocenters. The molecule has 1 fully saturated rings. The average molecular weight is 211 g/mol. The Bertz CT molecular complexity index is 165. The molecule has 0 aliphatic carbocycles. The zero-order valence-electron chi connectivity index (χ0n) is 7.36. The summed E-state index contributed by atoms with van der Waals surface area (Å²) in [5.74, 6) is 0. The zero-order valence-corrected chi connectivity index (χ0v) is 9.07. The van der Waals surface area contributed by atoms with Crippen LogP contribution in [0.3, 0.4) is 0 Å². The lowest BCUT2D eigenvalue weighted by atomic mass is 10.4. The maximum Gasteiger partial charge on any atom is 0.319 e. The van der Waals surface area contributed by atoms with Crippen LogP contribution in [0.25, 0.3) is 0 Å². The molecule has 0 spiro atoms. The van der Waals surface area contributed by atoms with Crippen molar-refractivity contribution in [1.82, 2.24) is 9.80 Å². The van der Waals surface area contributed by atoms with Crippen LogP contribution in [0.2, 0.25) is 0 Å².